The molecule has 3 rings (SSSR count). The van der Waals surface area contributed by atoms with Crippen molar-refractivity contribution in [1.82, 2.24) is 15.0 Å². The monoisotopic (exact) mass is 293 g/mol. The van der Waals surface area contributed by atoms with Crippen LogP contribution in [0, 0.1) is 6.92 Å². The summed E-state index contributed by atoms with van der Waals surface area (Å²) in [5.41, 5.74) is 2.78. The fourth-order valence-electron chi connectivity index (χ4n) is 2.30. The molecule has 2 aromatic heterocycles. The van der Waals surface area contributed by atoms with Crippen LogP contribution >= 0.6 is 0 Å². The van der Waals surface area contributed by atoms with Crippen molar-refractivity contribution in [2.24, 2.45) is 0 Å². The fourth-order valence-corrected chi connectivity index (χ4v) is 2.30. The molecule has 0 bridgehead atoms. The normalized spacial score (nSPS) is 10.9. The highest BCUT2D eigenvalue weighted by Crippen LogP contribution is 2.24. The van der Waals surface area contributed by atoms with Crippen molar-refractivity contribution in [3.8, 4) is 0 Å². The number of aromatic nitrogens is 3. The Labute approximate surface area is 129 Å². The van der Waals surface area contributed by atoms with Gasteiger partial charge in [-0.2, -0.15) is 4.98 Å². The highest BCUT2D eigenvalue weighted by molar-refractivity contribution is 5.91. The van der Waals surface area contributed by atoms with Crippen LogP contribution in [0.2, 0.25) is 0 Å². The second-order valence-corrected chi connectivity index (χ2v) is 5.52. The number of fused-ring (bicyclic) bond motifs is 1. The molecule has 2 N–H and O–H groups in total. The number of rotatable bonds is 4. The lowest BCUT2D eigenvalue weighted by molar-refractivity contribution is 0.871. The smallest absolute Gasteiger partial charge is 0.225 e. The minimum absolute atomic E-state index is 0.286. The van der Waals surface area contributed by atoms with Gasteiger partial charge in [-0.15, -0.1) is 0 Å². The summed E-state index contributed by atoms with van der Waals surface area (Å²) in [7, 11) is 0. The molecule has 0 spiro atoms. The average molecular weight is 293 g/mol. The van der Waals surface area contributed by atoms with Crippen molar-refractivity contribution in [2.75, 3.05) is 10.6 Å². The quantitative estimate of drug-likeness (QED) is 0.764. The molecule has 0 atom stereocenters. The first-order valence-electron chi connectivity index (χ1n) is 7.35. The van der Waals surface area contributed by atoms with Gasteiger partial charge in [-0.25, -0.2) is 4.98 Å². The highest BCUT2D eigenvalue weighted by Gasteiger charge is 2.06. The van der Waals surface area contributed by atoms with Gasteiger partial charge in [-0.3, -0.25) is 4.98 Å². The number of pyridine rings is 1. The molecule has 22 heavy (non-hydrogen) atoms. The molecule has 0 saturated heterocycles. The zero-order valence-electron chi connectivity index (χ0n) is 13.0. The van der Waals surface area contributed by atoms with Gasteiger partial charge in [0.05, 0.1) is 11.2 Å². The minimum atomic E-state index is 0.286. The summed E-state index contributed by atoms with van der Waals surface area (Å²) in [6.07, 6.45) is 1.80. The van der Waals surface area contributed by atoms with Crippen molar-refractivity contribution < 1.29 is 0 Å². The molecule has 0 fully saturated rings. The van der Waals surface area contributed by atoms with Crippen LogP contribution in [0.25, 0.3) is 10.9 Å². The summed E-state index contributed by atoms with van der Waals surface area (Å²) in [5, 5.41) is 7.67. The van der Waals surface area contributed by atoms with E-state index in [9.17, 15) is 0 Å². The lowest BCUT2D eigenvalue weighted by Gasteiger charge is -2.12. The molecule has 5 heteroatoms. The SMILES string of the molecule is Cc1cc(Nc2cccc3cccnc23)nc(NC(C)C)n1. The van der Waals surface area contributed by atoms with Gasteiger partial charge in [0, 0.05) is 29.4 Å². The summed E-state index contributed by atoms with van der Waals surface area (Å²) in [5.74, 6) is 1.39. The zero-order valence-corrected chi connectivity index (χ0v) is 13.0. The van der Waals surface area contributed by atoms with Crippen LogP contribution in [0.1, 0.15) is 19.5 Å². The van der Waals surface area contributed by atoms with Gasteiger partial charge in [-0.1, -0.05) is 18.2 Å². The van der Waals surface area contributed by atoms with E-state index in [1.807, 2.05) is 43.3 Å². The van der Waals surface area contributed by atoms with Crippen molar-refractivity contribution in [3.63, 3.8) is 0 Å². The first-order chi connectivity index (χ1) is 10.6. The van der Waals surface area contributed by atoms with Gasteiger partial charge in [0.1, 0.15) is 5.82 Å². The summed E-state index contributed by atoms with van der Waals surface area (Å²) in [6, 6.07) is 12.2. The number of anilines is 3. The van der Waals surface area contributed by atoms with Crippen LogP contribution < -0.4 is 10.6 Å². The molecule has 0 amide bonds. The summed E-state index contributed by atoms with van der Waals surface area (Å²) < 4.78 is 0. The van der Waals surface area contributed by atoms with E-state index in [-0.39, 0.29) is 6.04 Å². The average Bonchev–Trinajstić information content (AvgIpc) is 2.46. The summed E-state index contributed by atoms with van der Waals surface area (Å²) >= 11 is 0. The Morgan fingerprint density at radius 2 is 1.86 bits per heavy atom. The molecule has 2 heterocycles. The summed E-state index contributed by atoms with van der Waals surface area (Å²) in [4.78, 5) is 13.4. The number of para-hydroxylation sites is 1. The van der Waals surface area contributed by atoms with Crippen LogP contribution in [0.3, 0.4) is 0 Å². The Bertz CT molecular complexity index is 793. The van der Waals surface area contributed by atoms with Gasteiger partial charge >= 0.3 is 0 Å². The maximum absolute atomic E-state index is 4.51. The van der Waals surface area contributed by atoms with Gasteiger partial charge < -0.3 is 10.6 Å². The predicted octanol–water partition coefficient (Wildman–Crippen LogP) is 3.90. The Balaban J connectivity index is 1.96. The lowest BCUT2D eigenvalue weighted by atomic mass is 10.2. The van der Waals surface area contributed by atoms with E-state index in [1.165, 1.54) is 0 Å². The number of hydrogen-bond acceptors (Lipinski definition) is 5. The van der Waals surface area contributed by atoms with Crippen molar-refractivity contribution >= 4 is 28.4 Å². The van der Waals surface area contributed by atoms with E-state index in [0.29, 0.717) is 5.95 Å². The van der Waals surface area contributed by atoms with Crippen molar-refractivity contribution in [1.29, 1.82) is 0 Å². The van der Waals surface area contributed by atoms with E-state index in [2.05, 4.69) is 39.4 Å². The van der Waals surface area contributed by atoms with Crippen LogP contribution in [0.5, 0.6) is 0 Å². The molecule has 112 valence electrons. The second-order valence-electron chi connectivity index (χ2n) is 5.52. The largest absolute Gasteiger partial charge is 0.352 e. The zero-order chi connectivity index (χ0) is 15.5. The standard InChI is InChI=1S/C17H19N5/c1-11(2)19-17-20-12(3)10-15(22-17)21-14-8-4-6-13-7-5-9-18-16(13)14/h4-11H,1-3H3,(H2,19,20,21,22). The van der Waals surface area contributed by atoms with Crippen LogP contribution in [-0.4, -0.2) is 21.0 Å². The van der Waals surface area contributed by atoms with Crippen LogP contribution in [0.4, 0.5) is 17.5 Å². The third-order valence-corrected chi connectivity index (χ3v) is 3.17. The fraction of sp³-hybridized carbons (Fsp3) is 0.235. The topological polar surface area (TPSA) is 62.7 Å². The predicted molar refractivity (Wildman–Crippen MR) is 90.6 cm³/mol. The Morgan fingerprint density at radius 1 is 1.05 bits per heavy atom. The molecule has 0 saturated carbocycles. The summed E-state index contributed by atoms with van der Waals surface area (Å²) in [6.45, 7) is 6.08. The minimum Gasteiger partial charge on any atom is -0.352 e. The Morgan fingerprint density at radius 3 is 2.68 bits per heavy atom. The van der Waals surface area contributed by atoms with Gasteiger partial charge in [-0.05, 0) is 32.9 Å². The molecular weight excluding hydrogens is 274 g/mol. The third-order valence-electron chi connectivity index (χ3n) is 3.17. The van der Waals surface area contributed by atoms with Gasteiger partial charge in [0.2, 0.25) is 5.95 Å². The second kappa shape index (κ2) is 5.97. The molecule has 0 unspecified atom stereocenters. The number of nitrogens with one attached hydrogen (secondary N) is 2. The van der Waals surface area contributed by atoms with Gasteiger partial charge in [0.25, 0.3) is 0 Å². The first kappa shape index (κ1) is 14.3. The van der Waals surface area contributed by atoms with Gasteiger partial charge in [0.15, 0.2) is 0 Å². The molecule has 0 aliphatic heterocycles. The van der Waals surface area contributed by atoms with E-state index in [0.717, 1.165) is 28.1 Å². The van der Waals surface area contributed by atoms with E-state index in [1.54, 1.807) is 6.20 Å². The van der Waals surface area contributed by atoms with E-state index >= 15 is 0 Å². The van der Waals surface area contributed by atoms with E-state index in [4.69, 9.17) is 0 Å². The lowest BCUT2D eigenvalue weighted by Crippen LogP contribution is -2.13. The molecule has 0 radical (unpaired) electrons. The molecule has 0 aliphatic carbocycles. The van der Waals surface area contributed by atoms with Crippen molar-refractivity contribution in [3.05, 3.63) is 48.3 Å². The molecule has 0 aliphatic rings. The first-order valence-corrected chi connectivity index (χ1v) is 7.35. The highest BCUT2D eigenvalue weighted by atomic mass is 15.2. The number of hydrogen-bond donors (Lipinski definition) is 2. The molecular formula is C17H19N5. The third kappa shape index (κ3) is 3.14. The number of nitrogens with zero attached hydrogens (tertiary/aromatic N) is 3. The molecule has 5 nitrogen and oxygen atoms in total. The Kier molecular flexibility index (Phi) is 3.87. The molecule has 1 aromatic carbocycles. The van der Waals surface area contributed by atoms with Crippen molar-refractivity contribution in [2.45, 2.75) is 26.8 Å². The van der Waals surface area contributed by atoms with Crippen LogP contribution in [-0.2, 0) is 0 Å². The van der Waals surface area contributed by atoms with Crippen LogP contribution in [0.15, 0.2) is 42.6 Å². The maximum Gasteiger partial charge on any atom is 0.225 e. The number of aryl methyl sites for hydroxylation is 1. The molecule has 3 aromatic rings. The van der Waals surface area contributed by atoms with E-state index < -0.39 is 0 Å². The Hall–Kier alpha value is -2.69. The maximum atomic E-state index is 4.51. The number of benzene rings is 1.